The Kier molecular flexibility index (Phi) is 10.7. The topological polar surface area (TPSA) is 49.4 Å². The summed E-state index contributed by atoms with van der Waals surface area (Å²) in [4.78, 5) is 27.4. The van der Waals surface area contributed by atoms with Gasteiger partial charge in [-0.2, -0.15) is 0 Å². The van der Waals surface area contributed by atoms with Gasteiger partial charge in [0.25, 0.3) is 0 Å². The van der Waals surface area contributed by atoms with E-state index in [0.29, 0.717) is 34.8 Å². The first kappa shape index (κ1) is 26.0. The third-order valence-corrected chi connectivity index (χ3v) is 6.83. The number of rotatable bonds is 10. The molecule has 31 heavy (non-hydrogen) atoms. The van der Waals surface area contributed by atoms with Crippen molar-refractivity contribution in [3.05, 3.63) is 68.1 Å². The standard InChI is InChI=1S/C23H27BrCl2N2O2S/c1-15(2)11-27-23(30)16(3)28(12-17-7-9-18(24)10-8-17)22(29)14-31-13-19-20(25)5-4-6-21(19)26/h4-10,15-16H,11-14H2,1-3H3,(H,27,30)/t16-/m0/s1. The quantitative estimate of drug-likeness (QED) is 0.388. The molecule has 2 aromatic rings. The molecule has 0 fully saturated rings. The highest BCUT2D eigenvalue weighted by molar-refractivity contribution is 9.10. The van der Waals surface area contributed by atoms with Crippen LogP contribution in [0.5, 0.6) is 0 Å². The third kappa shape index (κ3) is 8.33. The number of thioether (sulfide) groups is 1. The van der Waals surface area contributed by atoms with Crippen LogP contribution in [0.3, 0.4) is 0 Å². The van der Waals surface area contributed by atoms with Crippen LogP contribution in [0, 0.1) is 5.92 Å². The lowest BCUT2D eigenvalue weighted by Crippen LogP contribution is -2.48. The Morgan fingerprint density at radius 2 is 1.68 bits per heavy atom. The van der Waals surface area contributed by atoms with Gasteiger partial charge in [-0.3, -0.25) is 9.59 Å². The van der Waals surface area contributed by atoms with Crippen LogP contribution in [0.25, 0.3) is 0 Å². The van der Waals surface area contributed by atoms with Crippen molar-refractivity contribution in [1.82, 2.24) is 10.2 Å². The number of nitrogens with zero attached hydrogens (tertiary/aromatic N) is 1. The normalized spacial score (nSPS) is 12.0. The molecule has 0 heterocycles. The summed E-state index contributed by atoms with van der Waals surface area (Å²) in [5.41, 5.74) is 1.77. The minimum absolute atomic E-state index is 0.108. The molecule has 1 N–H and O–H groups in total. The molecule has 0 saturated heterocycles. The number of amides is 2. The van der Waals surface area contributed by atoms with E-state index in [-0.39, 0.29) is 17.6 Å². The summed E-state index contributed by atoms with van der Waals surface area (Å²) in [6.45, 7) is 6.76. The van der Waals surface area contributed by atoms with E-state index >= 15 is 0 Å². The van der Waals surface area contributed by atoms with Crippen molar-refractivity contribution >= 4 is 62.7 Å². The molecule has 0 bridgehead atoms. The van der Waals surface area contributed by atoms with E-state index in [1.54, 1.807) is 30.0 Å². The molecule has 4 nitrogen and oxygen atoms in total. The highest BCUT2D eigenvalue weighted by atomic mass is 79.9. The van der Waals surface area contributed by atoms with Crippen molar-refractivity contribution in [3.8, 4) is 0 Å². The zero-order chi connectivity index (χ0) is 23.0. The number of carbonyl (C=O) groups excluding carboxylic acids is 2. The van der Waals surface area contributed by atoms with Crippen LogP contribution in [0.4, 0.5) is 0 Å². The Hall–Kier alpha value is -1.21. The van der Waals surface area contributed by atoms with E-state index in [4.69, 9.17) is 23.2 Å². The molecule has 2 amide bonds. The maximum atomic E-state index is 13.1. The first-order valence-corrected chi connectivity index (χ1v) is 12.7. The first-order chi connectivity index (χ1) is 14.7. The largest absolute Gasteiger partial charge is 0.354 e. The van der Waals surface area contributed by atoms with Crippen LogP contribution in [0.15, 0.2) is 46.9 Å². The summed E-state index contributed by atoms with van der Waals surface area (Å²) in [5.74, 6) is 0.814. The van der Waals surface area contributed by atoms with Crippen molar-refractivity contribution in [2.45, 2.75) is 39.1 Å². The van der Waals surface area contributed by atoms with Gasteiger partial charge in [0.2, 0.25) is 11.8 Å². The Morgan fingerprint density at radius 3 is 2.26 bits per heavy atom. The number of benzene rings is 2. The summed E-state index contributed by atoms with van der Waals surface area (Å²) >= 11 is 17.3. The van der Waals surface area contributed by atoms with Crippen LogP contribution in [0.2, 0.25) is 10.0 Å². The molecule has 168 valence electrons. The lowest BCUT2D eigenvalue weighted by molar-refractivity contribution is -0.138. The minimum Gasteiger partial charge on any atom is -0.354 e. The molecule has 0 aromatic heterocycles. The second-order valence-corrected chi connectivity index (χ2v) is 10.4. The molecular formula is C23H27BrCl2N2O2S. The molecule has 2 aromatic carbocycles. The summed E-state index contributed by atoms with van der Waals surface area (Å²) < 4.78 is 0.962. The fourth-order valence-corrected chi connectivity index (χ4v) is 4.73. The SMILES string of the molecule is CC(C)CNC(=O)[C@H](C)N(Cc1ccc(Br)cc1)C(=O)CSCc1c(Cl)cccc1Cl. The molecular weight excluding hydrogens is 519 g/mol. The van der Waals surface area contributed by atoms with E-state index in [9.17, 15) is 9.59 Å². The number of hydrogen-bond acceptors (Lipinski definition) is 3. The molecule has 0 aliphatic rings. The van der Waals surface area contributed by atoms with Gasteiger partial charge < -0.3 is 10.2 Å². The number of halogens is 3. The highest BCUT2D eigenvalue weighted by Crippen LogP contribution is 2.28. The Bertz CT molecular complexity index is 873. The van der Waals surface area contributed by atoms with Gasteiger partial charge in [0, 0.05) is 33.4 Å². The molecule has 0 aliphatic carbocycles. The zero-order valence-corrected chi connectivity index (χ0v) is 21.7. The van der Waals surface area contributed by atoms with Gasteiger partial charge in [-0.25, -0.2) is 0 Å². The van der Waals surface area contributed by atoms with Gasteiger partial charge in [-0.15, -0.1) is 11.8 Å². The summed E-state index contributed by atoms with van der Waals surface area (Å²) in [7, 11) is 0. The van der Waals surface area contributed by atoms with Crippen LogP contribution in [-0.2, 0) is 21.9 Å². The molecule has 0 aliphatic heterocycles. The second-order valence-electron chi connectivity index (χ2n) is 7.66. The molecule has 0 spiro atoms. The van der Waals surface area contributed by atoms with Gasteiger partial charge >= 0.3 is 0 Å². The van der Waals surface area contributed by atoms with E-state index < -0.39 is 6.04 Å². The monoisotopic (exact) mass is 544 g/mol. The molecule has 0 unspecified atom stereocenters. The summed E-state index contributed by atoms with van der Waals surface area (Å²) in [6.07, 6.45) is 0. The summed E-state index contributed by atoms with van der Waals surface area (Å²) in [5, 5.41) is 4.09. The number of nitrogens with one attached hydrogen (secondary N) is 1. The number of carbonyl (C=O) groups is 2. The molecule has 2 rings (SSSR count). The lowest BCUT2D eigenvalue weighted by Gasteiger charge is -2.29. The Labute approximate surface area is 207 Å². The number of hydrogen-bond donors (Lipinski definition) is 1. The van der Waals surface area contributed by atoms with Crippen LogP contribution in [-0.4, -0.2) is 35.1 Å². The van der Waals surface area contributed by atoms with Crippen LogP contribution >= 0.6 is 50.9 Å². The molecule has 1 atom stereocenters. The van der Waals surface area contributed by atoms with Gasteiger partial charge in [-0.1, -0.05) is 71.2 Å². The average Bonchev–Trinajstić information content (AvgIpc) is 2.73. The van der Waals surface area contributed by atoms with Crippen molar-refractivity contribution in [3.63, 3.8) is 0 Å². The predicted molar refractivity (Wildman–Crippen MR) is 135 cm³/mol. The van der Waals surface area contributed by atoms with Gasteiger partial charge in [0.1, 0.15) is 6.04 Å². The first-order valence-electron chi connectivity index (χ1n) is 10.0. The molecule has 0 saturated carbocycles. The van der Waals surface area contributed by atoms with Gasteiger partial charge in [-0.05, 0) is 48.2 Å². The lowest BCUT2D eigenvalue weighted by atomic mass is 10.1. The maximum absolute atomic E-state index is 13.1. The van der Waals surface area contributed by atoms with Gasteiger partial charge in [0.05, 0.1) is 5.75 Å². The van der Waals surface area contributed by atoms with Gasteiger partial charge in [0.15, 0.2) is 0 Å². The Morgan fingerprint density at radius 1 is 1.06 bits per heavy atom. The van der Waals surface area contributed by atoms with Crippen molar-refractivity contribution < 1.29 is 9.59 Å². The second kappa shape index (κ2) is 12.7. The van der Waals surface area contributed by atoms with Crippen molar-refractivity contribution in [2.24, 2.45) is 5.92 Å². The highest BCUT2D eigenvalue weighted by Gasteiger charge is 2.26. The van der Waals surface area contributed by atoms with E-state index in [1.165, 1.54) is 11.8 Å². The zero-order valence-electron chi connectivity index (χ0n) is 17.8. The summed E-state index contributed by atoms with van der Waals surface area (Å²) in [6, 6.07) is 12.5. The molecule has 8 heteroatoms. The van der Waals surface area contributed by atoms with E-state index in [1.807, 2.05) is 38.1 Å². The van der Waals surface area contributed by atoms with Crippen LogP contribution in [0.1, 0.15) is 31.9 Å². The average molecular weight is 546 g/mol. The fourth-order valence-electron chi connectivity index (χ4n) is 2.82. The predicted octanol–water partition coefficient (Wildman–Crippen LogP) is 6.18. The molecule has 0 radical (unpaired) electrons. The third-order valence-electron chi connectivity index (χ3n) is 4.65. The van der Waals surface area contributed by atoms with E-state index in [0.717, 1.165) is 15.6 Å². The van der Waals surface area contributed by atoms with Crippen molar-refractivity contribution in [2.75, 3.05) is 12.3 Å². The maximum Gasteiger partial charge on any atom is 0.242 e. The van der Waals surface area contributed by atoms with E-state index in [2.05, 4.69) is 21.2 Å². The smallest absolute Gasteiger partial charge is 0.242 e. The van der Waals surface area contributed by atoms with Crippen LogP contribution < -0.4 is 5.32 Å². The fraction of sp³-hybridized carbons (Fsp3) is 0.391. The Balaban J connectivity index is 2.09. The van der Waals surface area contributed by atoms with Crippen molar-refractivity contribution in [1.29, 1.82) is 0 Å². The minimum atomic E-state index is -0.584.